The summed E-state index contributed by atoms with van der Waals surface area (Å²) in [5.41, 5.74) is -0.626. The maximum absolute atomic E-state index is 13.2. The lowest BCUT2D eigenvalue weighted by Crippen LogP contribution is -2.16. The summed E-state index contributed by atoms with van der Waals surface area (Å²) < 4.78 is 39.6. The van der Waals surface area contributed by atoms with Crippen LogP contribution in [0.1, 0.15) is 26.5 Å². The average molecular weight is 398 g/mol. The van der Waals surface area contributed by atoms with E-state index in [2.05, 4.69) is 9.97 Å². The molecule has 0 saturated heterocycles. The van der Waals surface area contributed by atoms with Crippen molar-refractivity contribution in [2.24, 2.45) is 0 Å². The number of aromatic amines is 1. The topological polar surface area (TPSA) is 103 Å². The Balaban J connectivity index is 1.99. The van der Waals surface area contributed by atoms with Gasteiger partial charge in [-0.2, -0.15) is 13.2 Å². The Labute approximate surface area is 159 Å². The van der Waals surface area contributed by atoms with Crippen molar-refractivity contribution in [1.82, 2.24) is 9.97 Å². The van der Waals surface area contributed by atoms with Crippen molar-refractivity contribution in [3.63, 3.8) is 0 Å². The fourth-order valence-corrected chi connectivity index (χ4v) is 3.99. The van der Waals surface area contributed by atoms with E-state index in [1.807, 2.05) is 6.07 Å². The lowest BCUT2D eigenvalue weighted by molar-refractivity contribution is -0.144. The number of benzene rings is 3. The van der Waals surface area contributed by atoms with E-state index in [9.17, 15) is 33.0 Å². The number of halogens is 3. The number of imidazole rings is 1. The van der Waals surface area contributed by atoms with Crippen LogP contribution in [0.25, 0.3) is 44.1 Å². The van der Waals surface area contributed by atoms with Gasteiger partial charge in [0.15, 0.2) is 0 Å². The van der Waals surface area contributed by atoms with Crippen LogP contribution in [0.5, 0.6) is 0 Å². The number of nitrogens with one attached hydrogen (secondary N) is 1. The van der Waals surface area contributed by atoms with Gasteiger partial charge in [0.2, 0.25) is 5.82 Å². The second-order valence-electron chi connectivity index (χ2n) is 6.63. The third-order valence-corrected chi connectivity index (χ3v) is 5.09. The van der Waals surface area contributed by atoms with E-state index in [0.717, 1.165) is 5.39 Å². The predicted octanol–water partition coefficient (Wildman–Crippen LogP) is 4.78. The quantitative estimate of drug-likeness (QED) is 0.397. The van der Waals surface area contributed by atoms with E-state index < -0.39 is 40.6 Å². The van der Waals surface area contributed by atoms with Crippen molar-refractivity contribution < 1.29 is 33.0 Å². The van der Waals surface area contributed by atoms with Crippen LogP contribution in [0.15, 0.2) is 36.4 Å². The molecule has 0 fully saturated rings. The molecular weight excluding hydrogens is 389 g/mol. The zero-order chi connectivity index (χ0) is 20.7. The summed E-state index contributed by atoms with van der Waals surface area (Å²) in [5.74, 6) is -4.59. The molecule has 0 unspecified atom stereocenters. The monoisotopic (exact) mass is 398 g/mol. The third-order valence-electron chi connectivity index (χ3n) is 5.09. The highest BCUT2D eigenvalue weighted by Crippen LogP contribution is 2.56. The van der Waals surface area contributed by atoms with Gasteiger partial charge in [0, 0.05) is 11.1 Å². The predicted molar refractivity (Wildman–Crippen MR) is 97.0 cm³/mol. The molecule has 29 heavy (non-hydrogen) atoms. The SMILES string of the molecule is O=C(O)c1c2c(c3[nH]c(C(F)(F)F)nc3c1C(=O)O)-c1ccc3ccccc3c1-2. The molecular formula is C20H9F3N2O4. The van der Waals surface area contributed by atoms with E-state index in [4.69, 9.17) is 0 Å². The summed E-state index contributed by atoms with van der Waals surface area (Å²) in [7, 11) is 0. The minimum absolute atomic E-state index is 0.103. The summed E-state index contributed by atoms with van der Waals surface area (Å²) in [6, 6.07) is 10.6. The first kappa shape index (κ1) is 17.2. The fourth-order valence-electron chi connectivity index (χ4n) is 3.99. The Hall–Kier alpha value is -3.88. The highest BCUT2D eigenvalue weighted by molar-refractivity contribution is 6.28. The van der Waals surface area contributed by atoms with Gasteiger partial charge in [-0.1, -0.05) is 36.4 Å². The van der Waals surface area contributed by atoms with Crippen LogP contribution in [-0.4, -0.2) is 32.1 Å². The van der Waals surface area contributed by atoms with E-state index in [1.54, 1.807) is 30.3 Å². The Morgan fingerprint density at radius 1 is 0.897 bits per heavy atom. The summed E-state index contributed by atoms with van der Waals surface area (Å²) in [4.78, 5) is 29.4. The highest BCUT2D eigenvalue weighted by atomic mass is 19.4. The van der Waals surface area contributed by atoms with E-state index in [0.29, 0.717) is 16.5 Å². The molecule has 0 atom stereocenters. The highest BCUT2D eigenvalue weighted by Gasteiger charge is 2.41. The maximum atomic E-state index is 13.2. The Kier molecular flexibility index (Phi) is 3.18. The minimum atomic E-state index is -4.85. The molecule has 3 aromatic carbocycles. The van der Waals surface area contributed by atoms with Crippen molar-refractivity contribution in [2.45, 2.75) is 6.18 Å². The van der Waals surface area contributed by atoms with Gasteiger partial charge < -0.3 is 15.2 Å². The number of carboxylic acid groups (broad SMARTS) is 2. The van der Waals surface area contributed by atoms with Crippen LogP contribution in [0.2, 0.25) is 0 Å². The molecule has 6 nitrogen and oxygen atoms in total. The number of aromatic carboxylic acids is 2. The average Bonchev–Trinajstić information content (AvgIpc) is 3.06. The van der Waals surface area contributed by atoms with Gasteiger partial charge in [0.05, 0.1) is 11.1 Å². The Bertz CT molecular complexity index is 1400. The number of aromatic nitrogens is 2. The molecule has 0 spiro atoms. The van der Waals surface area contributed by atoms with Gasteiger partial charge in [-0.25, -0.2) is 14.6 Å². The largest absolute Gasteiger partial charge is 0.478 e. The molecule has 144 valence electrons. The van der Waals surface area contributed by atoms with Crippen molar-refractivity contribution >= 4 is 33.7 Å². The van der Waals surface area contributed by atoms with E-state index in [1.165, 1.54) is 0 Å². The van der Waals surface area contributed by atoms with Gasteiger partial charge in [-0.05, 0) is 21.9 Å². The second-order valence-corrected chi connectivity index (χ2v) is 6.63. The molecule has 0 radical (unpaired) electrons. The molecule has 1 aliphatic carbocycles. The van der Waals surface area contributed by atoms with Gasteiger partial charge in [0.1, 0.15) is 11.1 Å². The zero-order valence-corrected chi connectivity index (χ0v) is 14.3. The Morgan fingerprint density at radius 3 is 2.24 bits per heavy atom. The number of fused-ring (bicyclic) bond motifs is 8. The first-order valence-electron chi connectivity index (χ1n) is 8.36. The first-order chi connectivity index (χ1) is 13.7. The van der Waals surface area contributed by atoms with Crippen LogP contribution in [0.4, 0.5) is 13.2 Å². The first-order valence-corrected chi connectivity index (χ1v) is 8.36. The standard InChI is InChI=1S/C20H9F3N2O4/c21-20(22,23)19-24-15-11-9-6-5-7-3-1-2-4-8(7)10(9)12(11)13(17(26)27)14(18(28)29)16(15)25-19/h1-6H,(H,24,25)(H,26,27)(H,28,29). The van der Waals surface area contributed by atoms with Crippen LogP contribution in [0, 0.1) is 0 Å². The smallest absolute Gasteiger partial charge is 0.449 e. The molecule has 4 aromatic rings. The van der Waals surface area contributed by atoms with Crippen LogP contribution in [0.3, 0.4) is 0 Å². The molecule has 3 N–H and O–H groups in total. The van der Waals surface area contributed by atoms with Crippen LogP contribution < -0.4 is 0 Å². The minimum Gasteiger partial charge on any atom is -0.478 e. The summed E-state index contributed by atoms with van der Waals surface area (Å²) in [6.07, 6.45) is -4.85. The van der Waals surface area contributed by atoms with Gasteiger partial charge in [-0.15, -0.1) is 0 Å². The molecule has 0 bridgehead atoms. The van der Waals surface area contributed by atoms with Gasteiger partial charge >= 0.3 is 18.1 Å². The number of alkyl halides is 3. The van der Waals surface area contributed by atoms with Crippen molar-refractivity contribution in [2.75, 3.05) is 0 Å². The molecule has 1 heterocycles. The third kappa shape index (κ3) is 2.15. The molecule has 5 rings (SSSR count). The Morgan fingerprint density at radius 2 is 1.59 bits per heavy atom. The zero-order valence-electron chi connectivity index (χ0n) is 14.3. The summed E-state index contributed by atoms with van der Waals surface area (Å²) in [6.45, 7) is 0. The van der Waals surface area contributed by atoms with Crippen LogP contribution >= 0.6 is 0 Å². The number of rotatable bonds is 2. The lowest BCUT2D eigenvalue weighted by atomic mass is 9.73. The fraction of sp³-hybridized carbons (Fsp3) is 0.0500. The van der Waals surface area contributed by atoms with E-state index >= 15 is 0 Å². The number of hydrogen-bond acceptors (Lipinski definition) is 3. The molecule has 9 heteroatoms. The molecule has 0 aliphatic heterocycles. The van der Waals surface area contributed by atoms with Gasteiger partial charge in [-0.3, -0.25) is 0 Å². The number of nitrogens with zero attached hydrogens (tertiary/aromatic N) is 1. The summed E-state index contributed by atoms with van der Waals surface area (Å²) >= 11 is 0. The molecule has 0 saturated carbocycles. The van der Waals surface area contributed by atoms with Crippen molar-refractivity contribution in [3.8, 4) is 22.3 Å². The lowest BCUT2D eigenvalue weighted by Gasteiger charge is -2.29. The van der Waals surface area contributed by atoms with Crippen molar-refractivity contribution in [3.05, 3.63) is 53.3 Å². The molecule has 0 amide bonds. The number of H-pyrrole nitrogens is 1. The summed E-state index contributed by atoms with van der Waals surface area (Å²) in [5, 5.41) is 20.9. The van der Waals surface area contributed by atoms with Gasteiger partial charge in [0.25, 0.3) is 0 Å². The van der Waals surface area contributed by atoms with Crippen molar-refractivity contribution in [1.29, 1.82) is 0 Å². The number of hydrogen-bond donors (Lipinski definition) is 3. The molecule has 1 aromatic heterocycles. The second kappa shape index (κ2) is 5.34. The van der Waals surface area contributed by atoms with E-state index in [-0.39, 0.29) is 16.6 Å². The normalized spacial score (nSPS) is 12.5. The number of carbonyl (C=O) groups is 2. The van der Waals surface area contributed by atoms with Crippen LogP contribution in [-0.2, 0) is 6.18 Å². The number of carboxylic acids is 2. The molecule has 1 aliphatic rings. The maximum Gasteiger partial charge on any atom is 0.449 e.